The zero-order valence-electron chi connectivity index (χ0n) is 19.6. The number of halogens is 3. The Labute approximate surface area is 197 Å². The molecule has 1 aliphatic heterocycles. The van der Waals surface area contributed by atoms with E-state index in [0.717, 1.165) is 23.3 Å². The van der Waals surface area contributed by atoms with E-state index < -0.39 is 17.7 Å². The molecule has 0 N–H and O–H groups in total. The zero-order chi connectivity index (χ0) is 24.9. The second-order valence-corrected chi connectivity index (χ2v) is 8.26. The lowest BCUT2D eigenvalue weighted by atomic mass is 9.84. The maximum Gasteiger partial charge on any atom is 0.416 e. The number of allylic oxidation sites excluding steroid dienone is 1. The van der Waals surface area contributed by atoms with E-state index in [1.807, 2.05) is 12.1 Å². The monoisotopic (exact) mass is 478 g/mol. The van der Waals surface area contributed by atoms with Gasteiger partial charge in [-0.2, -0.15) is 13.2 Å². The summed E-state index contributed by atoms with van der Waals surface area (Å²) in [7, 11) is 3.10. The van der Waals surface area contributed by atoms with Crippen LogP contribution in [0.25, 0.3) is 0 Å². The Morgan fingerprint density at radius 1 is 1.09 bits per heavy atom. The largest absolute Gasteiger partial charge is 0.493 e. The van der Waals surface area contributed by atoms with Crippen LogP contribution < -0.4 is 9.47 Å². The van der Waals surface area contributed by atoms with Crippen molar-refractivity contribution in [1.82, 2.24) is 0 Å². The molecule has 2 aromatic rings. The molecular formula is C26H29F3O5. The maximum absolute atomic E-state index is 12.9. The molecule has 3 rings (SSSR count). The van der Waals surface area contributed by atoms with Gasteiger partial charge in [-0.05, 0) is 61.6 Å². The van der Waals surface area contributed by atoms with Crippen LogP contribution in [0.1, 0.15) is 36.6 Å². The summed E-state index contributed by atoms with van der Waals surface area (Å²) in [5, 5.41) is 0. The molecule has 0 aliphatic carbocycles. The normalized spacial score (nSPS) is 20.8. The SMILES string of the molecule is C/C=C(/C)C(=O)OC[C@@H]1C(c2ccc(OC)c(OC)c2)OC[C@@H]1Cc1ccc(C(F)(F)F)cc1. The van der Waals surface area contributed by atoms with Gasteiger partial charge in [-0.3, -0.25) is 0 Å². The molecule has 1 heterocycles. The lowest BCUT2D eigenvalue weighted by Gasteiger charge is -2.24. The van der Waals surface area contributed by atoms with Crippen molar-refractivity contribution >= 4 is 5.97 Å². The minimum atomic E-state index is -4.38. The van der Waals surface area contributed by atoms with Crippen molar-refractivity contribution in [2.75, 3.05) is 27.4 Å². The van der Waals surface area contributed by atoms with Crippen LogP contribution in [-0.4, -0.2) is 33.4 Å². The highest BCUT2D eigenvalue weighted by Gasteiger charge is 2.39. The van der Waals surface area contributed by atoms with Gasteiger partial charge in [0.2, 0.25) is 0 Å². The number of ether oxygens (including phenoxy) is 4. The van der Waals surface area contributed by atoms with Crippen LogP contribution in [0.2, 0.25) is 0 Å². The molecule has 0 bridgehead atoms. The van der Waals surface area contributed by atoms with E-state index in [4.69, 9.17) is 18.9 Å². The minimum absolute atomic E-state index is 0.0615. The van der Waals surface area contributed by atoms with Gasteiger partial charge in [0.1, 0.15) is 0 Å². The molecule has 1 saturated heterocycles. The molecule has 3 atom stereocenters. The number of hydrogen-bond donors (Lipinski definition) is 0. The lowest BCUT2D eigenvalue weighted by molar-refractivity contribution is -0.141. The Hall–Kier alpha value is -3.00. The summed E-state index contributed by atoms with van der Waals surface area (Å²) in [6.07, 6.45) is -2.58. The number of hydrogen-bond acceptors (Lipinski definition) is 5. The van der Waals surface area contributed by atoms with Crippen LogP contribution >= 0.6 is 0 Å². The van der Waals surface area contributed by atoms with E-state index in [1.165, 1.54) is 12.1 Å². The highest BCUT2D eigenvalue weighted by atomic mass is 19.4. The first-order valence-corrected chi connectivity index (χ1v) is 11.0. The Morgan fingerprint density at radius 3 is 2.35 bits per heavy atom. The van der Waals surface area contributed by atoms with E-state index in [0.29, 0.717) is 30.1 Å². The van der Waals surface area contributed by atoms with Crippen LogP contribution in [0.3, 0.4) is 0 Å². The maximum atomic E-state index is 12.9. The fourth-order valence-electron chi connectivity index (χ4n) is 4.06. The number of esters is 1. The Balaban J connectivity index is 1.84. The van der Waals surface area contributed by atoms with Crippen LogP contribution in [0.4, 0.5) is 13.2 Å². The van der Waals surface area contributed by atoms with Crippen LogP contribution in [0, 0.1) is 11.8 Å². The summed E-state index contributed by atoms with van der Waals surface area (Å²) in [5.74, 6) is 0.462. The van der Waals surface area contributed by atoms with E-state index in [9.17, 15) is 18.0 Å². The highest BCUT2D eigenvalue weighted by molar-refractivity contribution is 5.87. The molecule has 0 radical (unpaired) electrons. The van der Waals surface area contributed by atoms with Crippen LogP contribution in [0.5, 0.6) is 11.5 Å². The fraction of sp³-hybridized carbons (Fsp3) is 0.423. The number of methoxy groups -OCH3 is 2. The van der Waals surface area contributed by atoms with Gasteiger partial charge in [0.05, 0.1) is 39.1 Å². The zero-order valence-corrected chi connectivity index (χ0v) is 19.6. The van der Waals surface area contributed by atoms with Gasteiger partial charge in [0.15, 0.2) is 11.5 Å². The first kappa shape index (κ1) is 25.6. The molecule has 34 heavy (non-hydrogen) atoms. The molecule has 0 spiro atoms. The quantitative estimate of drug-likeness (QED) is 0.356. The Morgan fingerprint density at radius 2 is 1.76 bits per heavy atom. The average Bonchev–Trinajstić information content (AvgIpc) is 3.23. The van der Waals surface area contributed by atoms with E-state index in [1.54, 1.807) is 40.2 Å². The van der Waals surface area contributed by atoms with Crippen LogP contribution in [0.15, 0.2) is 54.1 Å². The van der Waals surface area contributed by atoms with Crippen molar-refractivity contribution in [3.8, 4) is 11.5 Å². The summed E-state index contributed by atoms with van der Waals surface area (Å²) in [5.41, 5.74) is 1.42. The number of carbonyl (C=O) groups excluding carboxylic acids is 1. The van der Waals surface area contributed by atoms with Crippen molar-refractivity contribution in [3.05, 3.63) is 70.8 Å². The molecule has 0 amide bonds. The number of benzene rings is 2. The van der Waals surface area contributed by atoms with Crippen molar-refractivity contribution in [2.24, 2.45) is 11.8 Å². The predicted octanol–water partition coefficient (Wildman–Crippen LogP) is 5.78. The van der Waals surface area contributed by atoms with Crippen molar-refractivity contribution in [1.29, 1.82) is 0 Å². The van der Waals surface area contributed by atoms with Crippen molar-refractivity contribution in [2.45, 2.75) is 32.5 Å². The highest BCUT2D eigenvalue weighted by Crippen LogP contribution is 2.42. The van der Waals surface area contributed by atoms with Gasteiger partial charge >= 0.3 is 12.1 Å². The standard InChI is InChI=1S/C26H29F3O5/c1-5-16(2)25(30)34-15-21-19(12-17-6-9-20(10-7-17)26(27,28)29)14-33-24(21)18-8-11-22(31-3)23(13-18)32-4/h5-11,13,19,21,24H,12,14-15H2,1-4H3/b16-5-/t19-,21-,24?/m0/s1. The van der Waals surface area contributed by atoms with Gasteiger partial charge in [-0.1, -0.05) is 24.3 Å². The predicted molar refractivity (Wildman–Crippen MR) is 121 cm³/mol. The molecule has 8 heteroatoms. The molecule has 1 aliphatic rings. The number of alkyl halides is 3. The third-order valence-corrected chi connectivity index (χ3v) is 6.16. The first-order valence-electron chi connectivity index (χ1n) is 11.0. The average molecular weight is 479 g/mol. The van der Waals surface area contributed by atoms with Gasteiger partial charge in [-0.15, -0.1) is 0 Å². The molecule has 0 saturated carbocycles. The number of rotatable bonds is 8. The van der Waals surface area contributed by atoms with Gasteiger partial charge in [-0.25, -0.2) is 4.79 Å². The summed E-state index contributed by atoms with van der Waals surface area (Å²) in [6, 6.07) is 10.6. The van der Waals surface area contributed by atoms with Crippen molar-refractivity contribution in [3.63, 3.8) is 0 Å². The number of carbonyl (C=O) groups is 1. The molecule has 184 valence electrons. The molecular weight excluding hydrogens is 449 g/mol. The lowest BCUT2D eigenvalue weighted by Crippen LogP contribution is -2.24. The van der Waals surface area contributed by atoms with E-state index in [2.05, 4.69) is 0 Å². The molecule has 0 aromatic heterocycles. The van der Waals surface area contributed by atoms with Gasteiger partial charge in [0, 0.05) is 11.5 Å². The minimum Gasteiger partial charge on any atom is -0.493 e. The second-order valence-electron chi connectivity index (χ2n) is 8.26. The van der Waals surface area contributed by atoms with E-state index in [-0.39, 0.29) is 24.5 Å². The second kappa shape index (κ2) is 11.0. The smallest absolute Gasteiger partial charge is 0.416 e. The van der Waals surface area contributed by atoms with Crippen molar-refractivity contribution < 1.29 is 36.9 Å². The molecule has 2 aromatic carbocycles. The Bertz CT molecular complexity index is 1010. The Kier molecular flexibility index (Phi) is 8.25. The van der Waals surface area contributed by atoms with E-state index >= 15 is 0 Å². The third-order valence-electron chi connectivity index (χ3n) is 6.16. The van der Waals surface area contributed by atoms with Crippen LogP contribution in [-0.2, 0) is 26.9 Å². The molecule has 5 nitrogen and oxygen atoms in total. The fourth-order valence-corrected chi connectivity index (χ4v) is 4.06. The summed E-state index contributed by atoms with van der Waals surface area (Å²) in [4.78, 5) is 12.3. The molecule has 1 unspecified atom stereocenters. The summed E-state index contributed by atoms with van der Waals surface area (Å²) in [6.45, 7) is 3.94. The summed E-state index contributed by atoms with van der Waals surface area (Å²) >= 11 is 0. The van der Waals surface area contributed by atoms with Gasteiger partial charge < -0.3 is 18.9 Å². The molecule has 1 fully saturated rings. The topological polar surface area (TPSA) is 54.0 Å². The first-order chi connectivity index (χ1) is 16.2. The van der Waals surface area contributed by atoms with Gasteiger partial charge in [0.25, 0.3) is 0 Å². The third kappa shape index (κ3) is 5.91. The summed E-state index contributed by atoms with van der Waals surface area (Å²) < 4.78 is 61.2.